The fourth-order valence-electron chi connectivity index (χ4n) is 1.97. The molecule has 6 heteroatoms. The first-order chi connectivity index (χ1) is 9.53. The third kappa shape index (κ3) is 4.09. The van der Waals surface area contributed by atoms with E-state index in [9.17, 15) is 10.1 Å². The third-order valence-corrected chi connectivity index (χ3v) is 3.04. The Kier molecular flexibility index (Phi) is 6.24. The lowest BCUT2D eigenvalue weighted by atomic mass is 10.1. The van der Waals surface area contributed by atoms with Gasteiger partial charge in [0.2, 0.25) is 0 Å². The van der Waals surface area contributed by atoms with Crippen LogP contribution in [0.2, 0.25) is 0 Å². The van der Waals surface area contributed by atoms with Crippen molar-refractivity contribution in [2.75, 3.05) is 13.7 Å². The molecule has 0 saturated carbocycles. The number of nitro benzene ring substituents is 1. The van der Waals surface area contributed by atoms with E-state index >= 15 is 0 Å². The van der Waals surface area contributed by atoms with Crippen LogP contribution in [0, 0.1) is 16.0 Å². The molecule has 1 rings (SSSR count). The number of nitro groups is 1. The summed E-state index contributed by atoms with van der Waals surface area (Å²) >= 11 is 0. The van der Waals surface area contributed by atoms with Gasteiger partial charge in [-0.1, -0.05) is 20.3 Å². The molecule has 6 nitrogen and oxygen atoms in total. The molecule has 1 aromatic carbocycles. The van der Waals surface area contributed by atoms with Gasteiger partial charge in [-0.05, 0) is 18.4 Å². The molecular weight excluding hydrogens is 262 g/mol. The van der Waals surface area contributed by atoms with Crippen molar-refractivity contribution in [1.82, 2.24) is 0 Å². The van der Waals surface area contributed by atoms with Crippen LogP contribution in [0.15, 0.2) is 12.1 Å². The third-order valence-electron chi connectivity index (χ3n) is 3.04. The molecule has 0 fully saturated rings. The number of aliphatic hydroxyl groups is 1. The number of hydrogen-bond donors (Lipinski definition) is 1. The molecule has 1 atom stereocenters. The van der Waals surface area contributed by atoms with Crippen molar-refractivity contribution in [1.29, 1.82) is 0 Å². The second kappa shape index (κ2) is 7.69. The summed E-state index contributed by atoms with van der Waals surface area (Å²) in [6.45, 7) is 4.21. The molecule has 0 heterocycles. The Hall–Kier alpha value is -1.82. The SMILES string of the molecule is CCCC(C)COc1cc([N+](=O)[O-])c(CO)cc1OC. The number of methoxy groups -OCH3 is 1. The van der Waals surface area contributed by atoms with E-state index in [1.807, 2.05) is 0 Å². The summed E-state index contributed by atoms with van der Waals surface area (Å²) < 4.78 is 10.8. The van der Waals surface area contributed by atoms with Gasteiger partial charge in [0.25, 0.3) is 5.69 Å². The Labute approximate surface area is 118 Å². The number of rotatable bonds is 8. The molecule has 112 valence electrons. The number of benzene rings is 1. The molecular formula is C14H21NO5. The maximum atomic E-state index is 11.0. The van der Waals surface area contributed by atoms with E-state index < -0.39 is 11.5 Å². The summed E-state index contributed by atoms with van der Waals surface area (Å²) in [7, 11) is 1.46. The summed E-state index contributed by atoms with van der Waals surface area (Å²) in [4.78, 5) is 10.4. The zero-order valence-corrected chi connectivity index (χ0v) is 12.1. The predicted molar refractivity (Wildman–Crippen MR) is 75.1 cm³/mol. The van der Waals surface area contributed by atoms with Crippen LogP contribution < -0.4 is 9.47 Å². The zero-order valence-electron chi connectivity index (χ0n) is 12.1. The summed E-state index contributed by atoms with van der Waals surface area (Å²) in [5, 5.41) is 20.1. The standard InChI is InChI=1S/C14H21NO5/c1-4-5-10(2)9-20-14-7-12(15(17)18)11(8-16)6-13(14)19-3/h6-7,10,16H,4-5,8-9H2,1-3H3. The molecule has 0 bridgehead atoms. The van der Waals surface area contributed by atoms with E-state index in [4.69, 9.17) is 14.6 Å². The van der Waals surface area contributed by atoms with Crippen LogP contribution >= 0.6 is 0 Å². The fraction of sp³-hybridized carbons (Fsp3) is 0.571. The molecule has 0 aliphatic rings. The van der Waals surface area contributed by atoms with Crippen LogP contribution in [-0.4, -0.2) is 23.7 Å². The summed E-state index contributed by atoms with van der Waals surface area (Å²) in [5.74, 6) is 1.09. The predicted octanol–water partition coefficient (Wildman–Crippen LogP) is 2.91. The van der Waals surface area contributed by atoms with Crippen LogP contribution in [0.25, 0.3) is 0 Å². The van der Waals surface area contributed by atoms with Crippen molar-refractivity contribution in [2.24, 2.45) is 5.92 Å². The van der Waals surface area contributed by atoms with Gasteiger partial charge in [-0.2, -0.15) is 0 Å². The van der Waals surface area contributed by atoms with Gasteiger partial charge in [-0.15, -0.1) is 0 Å². The molecule has 20 heavy (non-hydrogen) atoms. The lowest BCUT2D eigenvalue weighted by Crippen LogP contribution is -2.09. The van der Waals surface area contributed by atoms with Crippen molar-refractivity contribution in [2.45, 2.75) is 33.3 Å². The van der Waals surface area contributed by atoms with Crippen molar-refractivity contribution in [3.8, 4) is 11.5 Å². The number of aliphatic hydroxyl groups excluding tert-OH is 1. The van der Waals surface area contributed by atoms with Gasteiger partial charge in [0.05, 0.1) is 36.9 Å². The average molecular weight is 283 g/mol. The molecule has 0 aromatic heterocycles. The fourth-order valence-corrected chi connectivity index (χ4v) is 1.97. The smallest absolute Gasteiger partial charge is 0.278 e. The van der Waals surface area contributed by atoms with E-state index in [0.717, 1.165) is 12.8 Å². The summed E-state index contributed by atoms with van der Waals surface area (Å²) in [6.07, 6.45) is 2.09. The van der Waals surface area contributed by atoms with E-state index in [0.29, 0.717) is 24.0 Å². The molecule has 0 aliphatic carbocycles. The van der Waals surface area contributed by atoms with Crippen molar-refractivity contribution < 1.29 is 19.5 Å². The Morgan fingerprint density at radius 1 is 1.40 bits per heavy atom. The lowest BCUT2D eigenvalue weighted by molar-refractivity contribution is -0.385. The maximum Gasteiger partial charge on any atom is 0.278 e. The Balaban J connectivity index is 2.99. The van der Waals surface area contributed by atoms with Gasteiger partial charge in [0, 0.05) is 0 Å². The monoisotopic (exact) mass is 283 g/mol. The minimum absolute atomic E-state index is 0.161. The van der Waals surface area contributed by atoms with Gasteiger partial charge >= 0.3 is 0 Å². The Bertz CT molecular complexity index is 461. The largest absolute Gasteiger partial charge is 0.493 e. The van der Waals surface area contributed by atoms with Crippen molar-refractivity contribution in [3.63, 3.8) is 0 Å². The molecule has 1 unspecified atom stereocenters. The van der Waals surface area contributed by atoms with Gasteiger partial charge < -0.3 is 14.6 Å². The normalized spacial score (nSPS) is 12.0. The maximum absolute atomic E-state index is 11.0. The van der Waals surface area contributed by atoms with Gasteiger partial charge in [-0.3, -0.25) is 10.1 Å². The Morgan fingerprint density at radius 3 is 2.60 bits per heavy atom. The highest BCUT2D eigenvalue weighted by atomic mass is 16.6. The number of ether oxygens (including phenoxy) is 2. The lowest BCUT2D eigenvalue weighted by Gasteiger charge is -2.15. The van der Waals surface area contributed by atoms with Gasteiger partial charge in [-0.25, -0.2) is 0 Å². The minimum Gasteiger partial charge on any atom is -0.493 e. The number of nitrogens with zero attached hydrogens (tertiary/aromatic N) is 1. The average Bonchev–Trinajstić information content (AvgIpc) is 2.44. The number of hydrogen-bond acceptors (Lipinski definition) is 5. The highest BCUT2D eigenvalue weighted by molar-refractivity contribution is 5.54. The minimum atomic E-state index is -0.534. The van der Waals surface area contributed by atoms with Crippen molar-refractivity contribution in [3.05, 3.63) is 27.8 Å². The highest BCUT2D eigenvalue weighted by Crippen LogP contribution is 2.35. The van der Waals surface area contributed by atoms with Crippen LogP contribution in [0.3, 0.4) is 0 Å². The zero-order chi connectivity index (χ0) is 15.1. The summed E-state index contributed by atoms with van der Waals surface area (Å²) in [6, 6.07) is 2.75. The van der Waals surface area contributed by atoms with Crippen LogP contribution in [0.5, 0.6) is 11.5 Å². The molecule has 0 amide bonds. The molecule has 1 aromatic rings. The van der Waals surface area contributed by atoms with E-state index in [1.165, 1.54) is 19.2 Å². The van der Waals surface area contributed by atoms with Gasteiger partial charge in [0.15, 0.2) is 11.5 Å². The van der Waals surface area contributed by atoms with Gasteiger partial charge in [0.1, 0.15) is 0 Å². The quantitative estimate of drug-likeness (QED) is 0.586. The van der Waals surface area contributed by atoms with Crippen LogP contribution in [0.4, 0.5) is 5.69 Å². The highest BCUT2D eigenvalue weighted by Gasteiger charge is 2.19. The topological polar surface area (TPSA) is 81.8 Å². The first kappa shape index (κ1) is 16.2. The first-order valence-electron chi connectivity index (χ1n) is 6.62. The molecule has 0 aliphatic heterocycles. The molecule has 0 saturated heterocycles. The molecule has 1 N–H and O–H groups in total. The molecule has 0 radical (unpaired) electrons. The van der Waals surface area contributed by atoms with Crippen LogP contribution in [0.1, 0.15) is 32.3 Å². The Morgan fingerprint density at radius 2 is 2.10 bits per heavy atom. The van der Waals surface area contributed by atoms with E-state index in [1.54, 1.807) is 0 Å². The molecule has 0 spiro atoms. The van der Waals surface area contributed by atoms with Crippen LogP contribution in [-0.2, 0) is 6.61 Å². The van der Waals surface area contributed by atoms with E-state index in [-0.39, 0.29) is 11.3 Å². The van der Waals surface area contributed by atoms with E-state index in [2.05, 4.69) is 13.8 Å². The van der Waals surface area contributed by atoms with Crippen molar-refractivity contribution >= 4 is 5.69 Å². The second-order valence-corrected chi connectivity index (χ2v) is 4.75. The summed E-state index contributed by atoms with van der Waals surface area (Å²) in [5.41, 5.74) is 0.0484. The first-order valence-corrected chi connectivity index (χ1v) is 6.62. The second-order valence-electron chi connectivity index (χ2n) is 4.75.